The first-order valence-electron chi connectivity index (χ1n) is 7.16. The van der Waals surface area contributed by atoms with Gasteiger partial charge in [-0.05, 0) is 40.0 Å². The van der Waals surface area contributed by atoms with Crippen LogP contribution in [-0.4, -0.2) is 48.9 Å². The predicted octanol–water partition coefficient (Wildman–Crippen LogP) is 1.75. The van der Waals surface area contributed by atoms with Crippen LogP contribution in [0.5, 0.6) is 0 Å². The maximum absolute atomic E-state index is 12.2. The van der Waals surface area contributed by atoms with Gasteiger partial charge < -0.3 is 20.1 Å². The summed E-state index contributed by atoms with van der Waals surface area (Å²) in [5.74, 6) is 0. The zero-order chi connectivity index (χ0) is 14.1. The summed E-state index contributed by atoms with van der Waals surface area (Å²) in [5.41, 5.74) is 5.41. The molecule has 2 saturated heterocycles. The number of carbonyl (C=O) groups is 1. The van der Waals surface area contributed by atoms with Gasteiger partial charge in [0.05, 0.1) is 6.10 Å². The van der Waals surface area contributed by atoms with Gasteiger partial charge in [0.1, 0.15) is 5.60 Å². The molecule has 0 aliphatic carbocycles. The van der Waals surface area contributed by atoms with Gasteiger partial charge in [-0.15, -0.1) is 0 Å². The topological polar surface area (TPSA) is 64.8 Å². The van der Waals surface area contributed by atoms with Crippen molar-refractivity contribution >= 4 is 6.09 Å². The van der Waals surface area contributed by atoms with Gasteiger partial charge in [-0.25, -0.2) is 4.79 Å². The van der Waals surface area contributed by atoms with E-state index in [0.29, 0.717) is 13.1 Å². The molecule has 2 aliphatic rings. The van der Waals surface area contributed by atoms with Gasteiger partial charge in [0.15, 0.2) is 0 Å². The highest BCUT2D eigenvalue weighted by Gasteiger charge is 2.47. The number of hydrogen-bond donors (Lipinski definition) is 1. The van der Waals surface area contributed by atoms with E-state index >= 15 is 0 Å². The molecule has 5 heteroatoms. The molecule has 1 amide bonds. The van der Waals surface area contributed by atoms with Crippen LogP contribution in [0.3, 0.4) is 0 Å². The van der Waals surface area contributed by atoms with Crippen molar-refractivity contribution in [3.63, 3.8) is 0 Å². The van der Waals surface area contributed by atoms with Crippen LogP contribution >= 0.6 is 0 Å². The lowest BCUT2D eigenvalue weighted by atomic mass is 9.74. The van der Waals surface area contributed by atoms with E-state index in [-0.39, 0.29) is 17.6 Å². The van der Waals surface area contributed by atoms with Crippen molar-refractivity contribution in [2.24, 2.45) is 11.1 Å². The molecule has 5 nitrogen and oxygen atoms in total. The summed E-state index contributed by atoms with van der Waals surface area (Å²) in [6.07, 6.45) is 2.95. The molecular weight excluding hydrogens is 244 g/mol. The second-order valence-electron chi connectivity index (χ2n) is 6.71. The highest BCUT2D eigenvalue weighted by atomic mass is 16.6. The molecule has 2 unspecified atom stereocenters. The summed E-state index contributed by atoms with van der Waals surface area (Å²) < 4.78 is 11.2. The van der Waals surface area contributed by atoms with Crippen molar-refractivity contribution in [2.75, 3.05) is 26.2 Å². The van der Waals surface area contributed by atoms with Crippen molar-refractivity contribution in [3.8, 4) is 0 Å². The Kier molecular flexibility index (Phi) is 4.06. The molecule has 2 heterocycles. The summed E-state index contributed by atoms with van der Waals surface area (Å²) in [7, 11) is 0. The maximum atomic E-state index is 12.2. The minimum absolute atomic E-state index is 0.0455. The Labute approximate surface area is 115 Å². The smallest absolute Gasteiger partial charge is 0.410 e. The molecule has 2 N–H and O–H groups in total. The Bertz CT molecular complexity index is 340. The van der Waals surface area contributed by atoms with Crippen LogP contribution in [0.15, 0.2) is 0 Å². The first-order chi connectivity index (χ1) is 8.86. The van der Waals surface area contributed by atoms with Gasteiger partial charge in [-0.3, -0.25) is 0 Å². The number of nitrogens with two attached hydrogens (primary N) is 1. The standard InChI is InChI=1S/C14H26N2O3/c1-13(2,3)19-12(17)16-7-4-5-14(10-16)6-8-18-11(14)9-15/h11H,4-10,15H2,1-3H3. The summed E-state index contributed by atoms with van der Waals surface area (Å²) in [5, 5.41) is 0. The minimum Gasteiger partial charge on any atom is -0.444 e. The van der Waals surface area contributed by atoms with Crippen LogP contribution in [0.25, 0.3) is 0 Å². The highest BCUT2D eigenvalue weighted by Crippen LogP contribution is 2.42. The first kappa shape index (κ1) is 14.6. The van der Waals surface area contributed by atoms with Gasteiger partial charge in [0, 0.05) is 31.7 Å². The molecule has 2 fully saturated rings. The van der Waals surface area contributed by atoms with Crippen LogP contribution in [0, 0.1) is 5.41 Å². The van der Waals surface area contributed by atoms with E-state index in [9.17, 15) is 4.79 Å². The Balaban J connectivity index is 2.03. The Hall–Kier alpha value is -0.810. The monoisotopic (exact) mass is 270 g/mol. The van der Waals surface area contributed by atoms with Gasteiger partial charge in [0.2, 0.25) is 0 Å². The fourth-order valence-corrected chi connectivity index (χ4v) is 3.17. The number of hydrogen-bond acceptors (Lipinski definition) is 4. The van der Waals surface area contributed by atoms with Crippen molar-refractivity contribution in [2.45, 2.75) is 51.7 Å². The van der Waals surface area contributed by atoms with Crippen LogP contribution in [-0.2, 0) is 9.47 Å². The number of carbonyl (C=O) groups excluding carboxylic acids is 1. The van der Waals surface area contributed by atoms with Crippen molar-refractivity contribution in [3.05, 3.63) is 0 Å². The maximum Gasteiger partial charge on any atom is 0.410 e. The summed E-state index contributed by atoms with van der Waals surface area (Å²) in [6, 6.07) is 0. The third kappa shape index (κ3) is 3.20. The lowest BCUT2D eigenvalue weighted by molar-refractivity contribution is -0.0168. The first-order valence-corrected chi connectivity index (χ1v) is 7.16. The zero-order valence-corrected chi connectivity index (χ0v) is 12.3. The molecule has 2 atom stereocenters. The fourth-order valence-electron chi connectivity index (χ4n) is 3.17. The van der Waals surface area contributed by atoms with Crippen molar-refractivity contribution < 1.29 is 14.3 Å². The van der Waals surface area contributed by atoms with Gasteiger partial charge in [-0.2, -0.15) is 0 Å². The highest BCUT2D eigenvalue weighted by molar-refractivity contribution is 5.68. The van der Waals surface area contributed by atoms with Gasteiger partial charge in [-0.1, -0.05) is 0 Å². The second kappa shape index (κ2) is 5.29. The van der Waals surface area contributed by atoms with E-state index in [4.69, 9.17) is 15.2 Å². The molecule has 0 saturated carbocycles. The Morgan fingerprint density at radius 2 is 2.21 bits per heavy atom. The van der Waals surface area contributed by atoms with E-state index in [1.54, 1.807) is 0 Å². The molecule has 0 bridgehead atoms. The third-order valence-corrected chi connectivity index (χ3v) is 4.08. The largest absolute Gasteiger partial charge is 0.444 e. The number of piperidine rings is 1. The summed E-state index contributed by atoms with van der Waals surface area (Å²) >= 11 is 0. The molecule has 0 aromatic carbocycles. The fraction of sp³-hybridized carbons (Fsp3) is 0.929. The average Bonchev–Trinajstić information content (AvgIpc) is 2.69. The van der Waals surface area contributed by atoms with Crippen LogP contribution in [0.2, 0.25) is 0 Å². The van der Waals surface area contributed by atoms with Crippen LogP contribution < -0.4 is 5.73 Å². The molecule has 0 radical (unpaired) electrons. The van der Waals surface area contributed by atoms with Crippen molar-refractivity contribution in [1.29, 1.82) is 0 Å². The SMILES string of the molecule is CC(C)(C)OC(=O)N1CCCC2(CCOC2CN)C1. The number of rotatable bonds is 1. The molecule has 2 rings (SSSR count). The van der Waals surface area contributed by atoms with E-state index < -0.39 is 5.60 Å². The lowest BCUT2D eigenvalue weighted by Crippen LogP contribution is -2.52. The molecule has 1 spiro atoms. The summed E-state index contributed by atoms with van der Waals surface area (Å²) in [4.78, 5) is 14.0. The summed E-state index contributed by atoms with van der Waals surface area (Å²) in [6.45, 7) is 8.45. The zero-order valence-electron chi connectivity index (χ0n) is 12.3. The van der Waals surface area contributed by atoms with E-state index in [1.165, 1.54) is 0 Å². The quantitative estimate of drug-likeness (QED) is 0.788. The number of amides is 1. The number of nitrogens with zero attached hydrogens (tertiary/aromatic N) is 1. The second-order valence-corrected chi connectivity index (χ2v) is 6.71. The molecular formula is C14H26N2O3. The average molecular weight is 270 g/mol. The van der Waals surface area contributed by atoms with Crippen molar-refractivity contribution in [1.82, 2.24) is 4.90 Å². The predicted molar refractivity (Wildman–Crippen MR) is 72.9 cm³/mol. The molecule has 0 aromatic heterocycles. The van der Waals surface area contributed by atoms with Gasteiger partial charge >= 0.3 is 6.09 Å². The molecule has 0 aromatic rings. The Morgan fingerprint density at radius 3 is 2.84 bits per heavy atom. The molecule has 110 valence electrons. The van der Waals surface area contributed by atoms with E-state index in [1.807, 2.05) is 25.7 Å². The van der Waals surface area contributed by atoms with E-state index in [2.05, 4.69) is 0 Å². The lowest BCUT2D eigenvalue weighted by Gasteiger charge is -2.42. The number of likely N-dealkylation sites (tertiary alicyclic amines) is 1. The number of ether oxygens (including phenoxy) is 2. The third-order valence-electron chi connectivity index (χ3n) is 4.08. The minimum atomic E-state index is -0.443. The normalized spacial score (nSPS) is 31.8. The van der Waals surface area contributed by atoms with Gasteiger partial charge in [0.25, 0.3) is 0 Å². The van der Waals surface area contributed by atoms with E-state index in [0.717, 1.165) is 32.4 Å². The molecule has 19 heavy (non-hydrogen) atoms. The van der Waals surface area contributed by atoms with Crippen LogP contribution in [0.4, 0.5) is 4.79 Å². The molecule has 2 aliphatic heterocycles. The Morgan fingerprint density at radius 1 is 1.47 bits per heavy atom. The van der Waals surface area contributed by atoms with Crippen LogP contribution in [0.1, 0.15) is 40.0 Å².